The second-order valence-electron chi connectivity index (χ2n) is 2.63. The number of hydrogen-bond acceptors (Lipinski definition) is 2. The van der Waals surface area contributed by atoms with Crippen molar-refractivity contribution in [2.24, 2.45) is 0 Å². The van der Waals surface area contributed by atoms with Crippen LogP contribution in [0.1, 0.15) is 22.7 Å². The molecule has 0 aromatic carbocycles. The minimum atomic E-state index is -4.47. The lowest BCUT2D eigenvalue weighted by atomic mass is 10.2. The van der Waals surface area contributed by atoms with Crippen molar-refractivity contribution in [1.82, 2.24) is 0 Å². The summed E-state index contributed by atoms with van der Waals surface area (Å²) in [7, 11) is 0. The Bertz CT molecular complexity index is 311. The number of furan rings is 1. The van der Waals surface area contributed by atoms with Gasteiger partial charge in [0.15, 0.2) is 5.76 Å². The van der Waals surface area contributed by atoms with Crippen LogP contribution < -0.4 is 0 Å². The Kier molecular flexibility index (Phi) is 2.45. The predicted octanol–water partition coefficient (Wildman–Crippen LogP) is 2.72. The first-order chi connectivity index (χ1) is 5.88. The van der Waals surface area contributed by atoms with Gasteiger partial charge < -0.3 is 4.42 Å². The number of rotatable bonds is 2. The van der Waals surface area contributed by atoms with E-state index < -0.39 is 18.4 Å². The summed E-state index contributed by atoms with van der Waals surface area (Å²) in [6, 6.07) is 2.69. The van der Waals surface area contributed by atoms with Crippen LogP contribution in [0.4, 0.5) is 13.2 Å². The molecular weight excluding hydrogens is 185 g/mol. The van der Waals surface area contributed by atoms with Gasteiger partial charge in [0.05, 0.1) is 0 Å². The number of halogens is 3. The molecule has 0 fully saturated rings. The van der Waals surface area contributed by atoms with Gasteiger partial charge in [0.25, 0.3) is 0 Å². The second-order valence-corrected chi connectivity index (χ2v) is 2.63. The SMILES string of the molecule is Cc1ccc(C(=O)CC(F)(F)F)o1. The van der Waals surface area contributed by atoms with Crippen LogP contribution in [0.2, 0.25) is 0 Å². The molecule has 1 rings (SSSR count). The third-order valence-electron chi connectivity index (χ3n) is 1.38. The topological polar surface area (TPSA) is 30.2 Å². The van der Waals surface area contributed by atoms with Crippen LogP contribution in [-0.2, 0) is 0 Å². The van der Waals surface area contributed by atoms with Gasteiger partial charge in [0.1, 0.15) is 12.2 Å². The van der Waals surface area contributed by atoms with Crippen LogP contribution in [0, 0.1) is 6.92 Å². The molecule has 2 nitrogen and oxygen atoms in total. The number of ketones is 1. The standard InChI is InChI=1S/C8H7F3O2/c1-5-2-3-7(13-5)6(12)4-8(9,10)11/h2-3H,4H2,1H3. The lowest BCUT2D eigenvalue weighted by molar-refractivity contribution is -0.125. The first-order valence-electron chi connectivity index (χ1n) is 3.55. The van der Waals surface area contributed by atoms with Gasteiger partial charge in [-0.15, -0.1) is 0 Å². The van der Waals surface area contributed by atoms with E-state index in [1.54, 1.807) is 6.92 Å². The third-order valence-corrected chi connectivity index (χ3v) is 1.38. The monoisotopic (exact) mass is 192 g/mol. The summed E-state index contributed by atoms with van der Waals surface area (Å²) in [5.74, 6) is -0.860. The van der Waals surface area contributed by atoms with Gasteiger partial charge in [0.2, 0.25) is 5.78 Å². The van der Waals surface area contributed by atoms with Gasteiger partial charge >= 0.3 is 6.18 Å². The fraction of sp³-hybridized carbons (Fsp3) is 0.375. The molecule has 0 aliphatic carbocycles. The maximum atomic E-state index is 11.7. The van der Waals surface area contributed by atoms with Crippen molar-refractivity contribution >= 4 is 5.78 Å². The molecule has 0 aliphatic rings. The van der Waals surface area contributed by atoms with Crippen LogP contribution in [0.25, 0.3) is 0 Å². The van der Waals surface area contributed by atoms with E-state index in [1.807, 2.05) is 0 Å². The van der Waals surface area contributed by atoms with Crippen LogP contribution in [-0.4, -0.2) is 12.0 Å². The minimum absolute atomic E-state index is 0.241. The Balaban J connectivity index is 2.70. The third kappa shape index (κ3) is 2.93. The summed E-state index contributed by atoms with van der Waals surface area (Å²) in [5, 5.41) is 0. The van der Waals surface area contributed by atoms with Gasteiger partial charge in [-0.1, -0.05) is 0 Å². The maximum absolute atomic E-state index is 11.7. The van der Waals surface area contributed by atoms with Gasteiger partial charge in [-0.3, -0.25) is 4.79 Å². The summed E-state index contributed by atoms with van der Waals surface area (Å²) in [6.07, 6.45) is -5.95. The Morgan fingerprint density at radius 2 is 2.08 bits per heavy atom. The zero-order valence-electron chi connectivity index (χ0n) is 6.81. The van der Waals surface area contributed by atoms with Crippen molar-refractivity contribution in [3.63, 3.8) is 0 Å². The molecule has 0 saturated carbocycles. The molecule has 0 amide bonds. The summed E-state index contributed by atoms with van der Waals surface area (Å²) < 4.78 is 39.9. The van der Waals surface area contributed by atoms with Gasteiger partial charge in [-0.25, -0.2) is 0 Å². The molecule has 1 aromatic heterocycles. The molecule has 0 atom stereocenters. The highest BCUT2D eigenvalue weighted by Crippen LogP contribution is 2.22. The zero-order chi connectivity index (χ0) is 10.1. The summed E-state index contributed by atoms with van der Waals surface area (Å²) >= 11 is 0. The second kappa shape index (κ2) is 3.24. The van der Waals surface area contributed by atoms with Crippen molar-refractivity contribution in [3.05, 3.63) is 23.7 Å². The molecule has 0 spiro atoms. The van der Waals surface area contributed by atoms with Gasteiger partial charge in [0, 0.05) is 0 Å². The Morgan fingerprint density at radius 1 is 1.46 bits per heavy atom. The molecule has 0 N–H and O–H groups in total. The van der Waals surface area contributed by atoms with Crippen molar-refractivity contribution in [3.8, 4) is 0 Å². The lowest BCUT2D eigenvalue weighted by Gasteiger charge is -2.02. The van der Waals surface area contributed by atoms with E-state index in [1.165, 1.54) is 12.1 Å². The first-order valence-corrected chi connectivity index (χ1v) is 3.55. The molecule has 72 valence electrons. The number of carbonyl (C=O) groups is 1. The van der Waals surface area contributed by atoms with Crippen molar-refractivity contribution in [2.75, 3.05) is 0 Å². The fourth-order valence-electron chi connectivity index (χ4n) is 0.854. The highest BCUT2D eigenvalue weighted by atomic mass is 19.4. The van der Waals surface area contributed by atoms with Crippen molar-refractivity contribution < 1.29 is 22.4 Å². The molecule has 0 radical (unpaired) electrons. The average Bonchev–Trinajstić information content (AvgIpc) is 2.31. The molecule has 1 aromatic rings. The maximum Gasteiger partial charge on any atom is 0.396 e. The van der Waals surface area contributed by atoms with E-state index in [9.17, 15) is 18.0 Å². The summed E-state index contributed by atoms with van der Waals surface area (Å²) in [5.41, 5.74) is 0. The fourth-order valence-corrected chi connectivity index (χ4v) is 0.854. The number of alkyl halides is 3. The zero-order valence-corrected chi connectivity index (χ0v) is 6.81. The predicted molar refractivity (Wildman–Crippen MR) is 38.4 cm³/mol. The minimum Gasteiger partial charge on any atom is -0.458 e. The average molecular weight is 192 g/mol. The first kappa shape index (κ1) is 9.83. The Morgan fingerprint density at radius 3 is 2.46 bits per heavy atom. The lowest BCUT2D eigenvalue weighted by Crippen LogP contribution is -2.14. The van der Waals surface area contributed by atoms with Crippen LogP contribution in [0.15, 0.2) is 16.5 Å². The largest absolute Gasteiger partial charge is 0.458 e. The number of carbonyl (C=O) groups excluding carboxylic acids is 1. The van der Waals surface area contributed by atoms with E-state index in [4.69, 9.17) is 4.42 Å². The van der Waals surface area contributed by atoms with Crippen molar-refractivity contribution in [2.45, 2.75) is 19.5 Å². The molecule has 5 heteroatoms. The summed E-state index contributed by atoms with van der Waals surface area (Å²) in [4.78, 5) is 10.9. The highest BCUT2D eigenvalue weighted by Gasteiger charge is 2.32. The molecule has 0 aliphatic heterocycles. The molecule has 0 bridgehead atoms. The van der Waals surface area contributed by atoms with E-state index in [0.29, 0.717) is 5.76 Å². The quantitative estimate of drug-likeness (QED) is 0.674. The molecular formula is C8H7F3O2. The normalized spacial score (nSPS) is 11.7. The van der Waals surface area contributed by atoms with Crippen LogP contribution >= 0.6 is 0 Å². The number of aryl methyl sites for hydroxylation is 1. The van der Waals surface area contributed by atoms with E-state index in [-0.39, 0.29) is 5.76 Å². The Hall–Kier alpha value is -1.26. The van der Waals surface area contributed by atoms with Crippen LogP contribution in [0.5, 0.6) is 0 Å². The number of Topliss-reactive ketones (excluding diaryl/α,β-unsaturated/α-hetero) is 1. The Labute approximate surface area is 72.3 Å². The van der Waals surface area contributed by atoms with Gasteiger partial charge in [-0.05, 0) is 19.1 Å². The number of hydrogen-bond donors (Lipinski definition) is 0. The van der Waals surface area contributed by atoms with Gasteiger partial charge in [-0.2, -0.15) is 13.2 Å². The molecule has 0 saturated heterocycles. The van der Waals surface area contributed by atoms with E-state index in [2.05, 4.69) is 0 Å². The molecule has 1 heterocycles. The van der Waals surface area contributed by atoms with E-state index in [0.717, 1.165) is 0 Å². The molecule has 0 unspecified atom stereocenters. The van der Waals surface area contributed by atoms with Crippen molar-refractivity contribution in [1.29, 1.82) is 0 Å². The summed E-state index contributed by atoms with van der Waals surface area (Å²) in [6.45, 7) is 1.56. The molecule has 13 heavy (non-hydrogen) atoms. The highest BCUT2D eigenvalue weighted by molar-refractivity contribution is 5.93. The van der Waals surface area contributed by atoms with Crippen LogP contribution in [0.3, 0.4) is 0 Å². The smallest absolute Gasteiger partial charge is 0.396 e. The van der Waals surface area contributed by atoms with E-state index >= 15 is 0 Å².